The molecule has 2 nitrogen and oxygen atoms in total. The van der Waals surface area contributed by atoms with Crippen LogP contribution in [0.5, 0.6) is 0 Å². The number of hydrogen-bond donors (Lipinski definition) is 0. The van der Waals surface area contributed by atoms with Crippen LogP contribution in [0.15, 0.2) is 55.0 Å². The van der Waals surface area contributed by atoms with Crippen LogP contribution in [0, 0.1) is 0 Å². The average Bonchev–Trinajstić information content (AvgIpc) is 2.32. The summed E-state index contributed by atoms with van der Waals surface area (Å²) in [5.74, 6) is 0. The summed E-state index contributed by atoms with van der Waals surface area (Å²) in [6.07, 6.45) is 5.33. The molecular formula is C13H10N2. The maximum Gasteiger partial charge on any atom is 0.0886 e. The second-order valence-corrected chi connectivity index (χ2v) is 3.04. The summed E-state index contributed by atoms with van der Waals surface area (Å²) >= 11 is 0. The van der Waals surface area contributed by atoms with Crippen LogP contribution in [-0.2, 0) is 0 Å². The van der Waals surface area contributed by atoms with Gasteiger partial charge in [0.05, 0.1) is 11.4 Å². The third-order valence-corrected chi connectivity index (χ3v) is 1.98. The molecule has 0 spiro atoms. The van der Waals surface area contributed by atoms with Gasteiger partial charge in [0.2, 0.25) is 0 Å². The average molecular weight is 194 g/mol. The lowest BCUT2D eigenvalue weighted by molar-refractivity contribution is 1.24. The van der Waals surface area contributed by atoms with Gasteiger partial charge in [0.15, 0.2) is 0 Å². The van der Waals surface area contributed by atoms with Gasteiger partial charge < -0.3 is 0 Å². The van der Waals surface area contributed by atoms with Crippen LogP contribution in [0.3, 0.4) is 0 Å². The first kappa shape index (κ1) is 9.38. The molecule has 72 valence electrons. The lowest BCUT2D eigenvalue weighted by atomic mass is 10.2. The molecule has 2 aromatic rings. The third kappa shape index (κ3) is 2.19. The quantitative estimate of drug-likeness (QED) is 0.687. The van der Waals surface area contributed by atoms with Crippen molar-refractivity contribution in [3.8, 4) is 11.4 Å². The first-order chi connectivity index (χ1) is 7.40. The van der Waals surface area contributed by atoms with Gasteiger partial charge in [-0.25, -0.2) is 0 Å². The second-order valence-electron chi connectivity index (χ2n) is 3.04. The Labute approximate surface area is 88.6 Å². The molecule has 0 N–H and O–H groups in total. The van der Waals surface area contributed by atoms with E-state index in [4.69, 9.17) is 0 Å². The smallest absolute Gasteiger partial charge is 0.0886 e. The highest BCUT2D eigenvalue weighted by Gasteiger charge is 1.98. The number of pyridine rings is 2. The Morgan fingerprint density at radius 2 is 1.93 bits per heavy atom. The fourth-order valence-corrected chi connectivity index (χ4v) is 1.27. The van der Waals surface area contributed by atoms with E-state index in [-0.39, 0.29) is 0 Å². The molecule has 2 rings (SSSR count). The summed E-state index contributed by atoms with van der Waals surface area (Å²) in [6, 6.07) is 9.67. The number of rotatable bonds is 2. The molecule has 0 fully saturated rings. The second kappa shape index (κ2) is 4.36. The van der Waals surface area contributed by atoms with E-state index in [1.807, 2.05) is 30.3 Å². The zero-order valence-corrected chi connectivity index (χ0v) is 8.22. The summed E-state index contributed by atoms with van der Waals surface area (Å²) in [5, 5.41) is 0. The van der Waals surface area contributed by atoms with Gasteiger partial charge in [-0.2, -0.15) is 0 Å². The molecule has 0 amide bonds. The summed E-state index contributed by atoms with van der Waals surface area (Å²) in [7, 11) is 0. The zero-order chi connectivity index (χ0) is 10.5. The molecule has 0 aliphatic heterocycles. The van der Waals surface area contributed by atoms with Gasteiger partial charge in [-0.3, -0.25) is 9.97 Å². The summed E-state index contributed by atoms with van der Waals surface area (Å²) < 4.78 is 0. The van der Waals surface area contributed by atoms with Crippen LogP contribution in [0.25, 0.3) is 17.5 Å². The maximum atomic E-state index is 4.31. The van der Waals surface area contributed by atoms with E-state index in [2.05, 4.69) is 22.3 Å². The van der Waals surface area contributed by atoms with E-state index in [1.54, 1.807) is 18.5 Å². The first-order valence-electron chi connectivity index (χ1n) is 4.63. The van der Waals surface area contributed by atoms with Crippen molar-refractivity contribution < 1.29 is 0 Å². The Kier molecular flexibility index (Phi) is 2.72. The molecule has 0 bridgehead atoms. The Morgan fingerprint density at radius 1 is 1.07 bits per heavy atom. The van der Waals surface area contributed by atoms with Gasteiger partial charge in [-0.05, 0) is 24.3 Å². The SMILES string of the molecule is C=C=Cc1ccc(-c2ccccn2)nc1. The molecule has 0 aliphatic carbocycles. The van der Waals surface area contributed by atoms with Crippen molar-refractivity contribution in [2.24, 2.45) is 0 Å². The topological polar surface area (TPSA) is 25.8 Å². The number of aromatic nitrogens is 2. The molecule has 0 saturated carbocycles. The highest BCUT2D eigenvalue weighted by molar-refractivity contribution is 5.56. The number of hydrogen-bond acceptors (Lipinski definition) is 2. The Bertz CT molecular complexity index is 480. The molecule has 2 aromatic heterocycles. The lowest BCUT2D eigenvalue weighted by Gasteiger charge is -1.98. The van der Waals surface area contributed by atoms with Crippen LogP contribution in [-0.4, -0.2) is 9.97 Å². The van der Waals surface area contributed by atoms with Gasteiger partial charge in [-0.15, -0.1) is 5.73 Å². The summed E-state index contributed by atoms with van der Waals surface area (Å²) in [4.78, 5) is 8.53. The molecule has 2 heteroatoms. The van der Waals surface area contributed by atoms with E-state index in [0.717, 1.165) is 17.0 Å². The molecule has 15 heavy (non-hydrogen) atoms. The normalized spacial score (nSPS) is 9.33. The fraction of sp³-hybridized carbons (Fsp3) is 0. The van der Waals surface area contributed by atoms with Crippen LogP contribution >= 0.6 is 0 Å². The number of nitrogens with zero attached hydrogens (tertiary/aromatic N) is 2. The van der Waals surface area contributed by atoms with Crippen molar-refractivity contribution in [2.75, 3.05) is 0 Å². The first-order valence-corrected chi connectivity index (χ1v) is 4.63. The Balaban J connectivity index is 2.36. The molecule has 0 unspecified atom stereocenters. The van der Waals surface area contributed by atoms with Crippen molar-refractivity contribution in [1.82, 2.24) is 9.97 Å². The molecule has 0 aromatic carbocycles. The van der Waals surface area contributed by atoms with Gasteiger partial charge in [0.1, 0.15) is 0 Å². The predicted molar refractivity (Wildman–Crippen MR) is 61.1 cm³/mol. The summed E-state index contributed by atoms with van der Waals surface area (Å²) in [6.45, 7) is 3.52. The largest absolute Gasteiger partial charge is 0.255 e. The van der Waals surface area contributed by atoms with Crippen LogP contribution in [0.4, 0.5) is 0 Å². The van der Waals surface area contributed by atoms with Crippen molar-refractivity contribution in [3.05, 3.63) is 60.6 Å². The van der Waals surface area contributed by atoms with Gasteiger partial charge >= 0.3 is 0 Å². The molecule has 0 radical (unpaired) electrons. The molecule has 0 aliphatic rings. The van der Waals surface area contributed by atoms with Crippen molar-refractivity contribution in [2.45, 2.75) is 0 Å². The fourth-order valence-electron chi connectivity index (χ4n) is 1.27. The van der Waals surface area contributed by atoms with Crippen LogP contribution in [0.1, 0.15) is 5.56 Å². The molecule has 0 atom stereocenters. The zero-order valence-electron chi connectivity index (χ0n) is 8.22. The minimum atomic E-state index is 0.872. The van der Waals surface area contributed by atoms with Gasteiger partial charge in [-0.1, -0.05) is 18.7 Å². The van der Waals surface area contributed by atoms with Gasteiger partial charge in [0, 0.05) is 18.0 Å². The molecule has 2 heterocycles. The van der Waals surface area contributed by atoms with Crippen molar-refractivity contribution in [1.29, 1.82) is 0 Å². The minimum Gasteiger partial charge on any atom is -0.255 e. The predicted octanol–water partition coefficient (Wildman–Crippen LogP) is 2.94. The minimum absolute atomic E-state index is 0.872. The van der Waals surface area contributed by atoms with E-state index in [1.165, 1.54) is 0 Å². The highest BCUT2D eigenvalue weighted by atomic mass is 14.8. The van der Waals surface area contributed by atoms with E-state index < -0.39 is 0 Å². The van der Waals surface area contributed by atoms with E-state index >= 15 is 0 Å². The highest BCUT2D eigenvalue weighted by Crippen LogP contribution is 2.13. The standard InChI is InChI=1S/C13H10N2/c1-2-5-11-7-8-13(15-10-11)12-6-3-4-9-14-12/h3-10H,1H2. The Morgan fingerprint density at radius 3 is 2.53 bits per heavy atom. The summed E-state index contributed by atoms with van der Waals surface area (Å²) in [5.41, 5.74) is 5.46. The van der Waals surface area contributed by atoms with Crippen molar-refractivity contribution in [3.63, 3.8) is 0 Å². The monoisotopic (exact) mass is 194 g/mol. The molecule has 0 saturated heterocycles. The van der Waals surface area contributed by atoms with Gasteiger partial charge in [0.25, 0.3) is 0 Å². The lowest BCUT2D eigenvalue weighted by Crippen LogP contribution is -1.86. The Hall–Kier alpha value is -2.18. The van der Waals surface area contributed by atoms with Crippen molar-refractivity contribution >= 4 is 6.08 Å². The van der Waals surface area contributed by atoms with Crippen LogP contribution < -0.4 is 0 Å². The van der Waals surface area contributed by atoms with Crippen LogP contribution in [0.2, 0.25) is 0 Å². The van der Waals surface area contributed by atoms with E-state index in [9.17, 15) is 0 Å². The van der Waals surface area contributed by atoms with E-state index in [0.29, 0.717) is 0 Å². The molecular weight excluding hydrogens is 184 g/mol. The third-order valence-electron chi connectivity index (χ3n) is 1.98. The maximum absolute atomic E-state index is 4.31.